The first-order valence-electron chi connectivity index (χ1n) is 5.02. The Bertz CT molecular complexity index is 349. The van der Waals surface area contributed by atoms with Gasteiger partial charge in [-0.25, -0.2) is 4.39 Å². The number of nitrogens with two attached hydrogens (primary N) is 1. The number of ether oxygens (including phenoxy) is 1. The maximum Gasteiger partial charge on any atom is 0.123 e. The van der Waals surface area contributed by atoms with Crippen LogP contribution in [-0.2, 0) is 4.74 Å². The Morgan fingerprint density at radius 2 is 2.25 bits per heavy atom. The minimum Gasteiger partial charge on any atom is -0.382 e. The van der Waals surface area contributed by atoms with E-state index in [0.29, 0.717) is 17.0 Å². The van der Waals surface area contributed by atoms with Crippen LogP contribution in [0.25, 0.3) is 0 Å². The van der Waals surface area contributed by atoms with Gasteiger partial charge in [-0.05, 0) is 37.1 Å². The molecule has 0 spiro atoms. The normalized spacial score (nSPS) is 14.8. The molecule has 0 aromatic heterocycles. The fourth-order valence-corrected chi connectivity index (χ4v) is 1.74. The number of nitrogens with one attached hydrogen (secondary N) is 1. The third-order valence-corrected chi connectivity index (χ3v) is 2.85. The predicted molar refractivity (Wildman–Crippen MR) is 62.6 cm³/mol. The zero-order valence-electron chi connectivity index (χ0n) is 9.34. The summed E-state index contributed by atoms with van der Waals surface area (Å²) in [6, 6.07) is 4.00. The molecule has 16 heavy (non-hydrogen) atoms. The van der Waals surface area contributed by atoms with Gasteiger partial charge in [-0.1, -0.05) is 11.6 Å². The van der Waals surface area contributed by atoms with Crippen molar-refractivity contribution in [2.45, 2.75) is 25.5 Å². The highest BCUT2D eigenvalue weighted by molar-refractivity contribution is 6.31. The van der Waals surface area contributed by atoms with Crippen LogP contribution in [0.5, 0.6) is 0 Å². The van der Waals surface area contributed by atoms with Crippen LogP contribution in [-0.4, -0.2) is 13.2 Å². The Balaban J connectivity index is 2.89. The van der Waals surface area contributed by atoms with E-state index in [9.17, 15) is 4.39 Å². The molecular formula is C11H16ClFN2O. The quantitative estimate of drug-likeness (QED) is 0.620. The van der Waals surface area contributed by atoms with Crippen molar-refractivity contribution >= 4 is 11.6 Å². The fourth-order valence-electron chi connectivity index (χ4n) is 1.49. The van der Waals surface area contributed by atoms with E-state index < -0.39 is 0 Å². The van der Waals surface area contributed by atoms with E-state index in [1.807, 2.05) is 6.92 Å². The third-order valence-electron chi connectivity index (χ3n) is 2.50. The Hall–Kier alpha value is -0.680. The summed E-state index contributed by atoms with van der Waals surface area (Å²) in [6.45, 7) is 1.91. The number of methoxy groups -OCH3 is 1. The average Bonchev–Trinajstić information content (AvgIpc) is 2.29. The van der Waals surface area contributed by atoms with E-state index >= 15 is 0 Å². The molecule has 0 fully saturated rings. The Labute approximate surface area is 99.7 Å². The molecule has 1 aromatic rings. The van der Waals surface area contributed by atoms with E-state index in [2.05, 4.69) is 5.43 Å². The van der Waals surface area contributed by atoms with E-state index in [1.165, 1.54) is 18.2 Å². The van der Waals surface area contributed by atoms with Gasteiger partial charge in [0.1, 0.15) is 5.82 Å². The first kappa shape index (κ1) is 13.4. The summed E-state index contributed by atoms with van der Waals surface area (Å²) in [4.78, 5) is 0. The summed E-state index contributed by atoms with van der Waals surface area (Å²) < 4.78 is 18.2. The van der Waals surface area contributed by atoms with Gasteiger partial charge >= 0.3 is 0 Å². The second-order valence-corrected chi connectivity index (χ2v) is 4.07. The van der Waals surface area contributed by atoms with Crippen LogP contribution in [0.1, 0.15) is 24.9 Å². The lowest BCUT2D eigenvalue weighted by Crippen LogP contribution is -2.31. The Kier molecular flexibility index (Phi) is 5.15. The smallest absolute Gasteiger partial charge is 0.123 e. The molecule has 0 aliphatic heterocycles. The van der Waals surface area contributed by atoms with Crippen molar-refractivity contribution < 1.29 is 9.13 Å². The molecule has 0 bridgehead atoms. The molecular weight excluding hydrogens is 231 g/mol. The largest absolute Gasteiger partial charge is 0.382 e. The lowest BCUT2D eigenvalue weighted by atomic mass is 10.0. The van der Waals surface area contributed by atoms with Gasteiger partial charge in [0.25, 0.3) is 0 Å². The molecule has 5 heteroatoms. The second-order valence-electron chi connectivity index (χ2n) is 3.67. The van der Waals surface area contributed by atoms with Crippen LogP contribution in [0.2, 0.25) is 5.02 Å². The van der Waals surface area contributed by atoms with E-state index in [1.54, 1.807) is 7.11 Å². The maximum absolute atomic E-state index is 13.1. The van der Waals surface area contributed by atoms with Crippen LogP contribution in [0.15, 0.2) is 18.2 Å². The molecule has 3 N–H and O–H groups in total. The van der Waals surface area contributed by atoms with Crippen molar-refractivity contribution in [3.8, 4) is 0 Å². The SMILES string of the molecule is COC(C)CC(NN)c1cc(F)ccc1Cl. The van der Waals surface area contributed by atoms with Crippen LogP contribution in [0, 0.1) is 5.82 Å². The summed E-state index contributed by atoms with van der Waals surface area (Å²) in [5, 5.41) is 0.493. The van der Waals surface area contributed by atoms with Gasteiger partial charge in [0.05, 0.1) is 6.10 Å². The summed E-state index contributed by atoms with van der Waals surface area (Å²) >= 11 is 5.99. The summed E-state index contributed by atoms with van der Waals surface area (Å²) in [7, 11) is 1.62. The molecule has 2 unspecified atom stereocenters. The average molecular weight is 247 g/mol. The van der Waals surface area contributed by atoms with Crippen molar-refractivity contribution in [2.75, 3.05) is 7.11 Å². The third kappa shape index (κ3) is 3.42. The summed E-state index contributed by atoms with van der Waals surface area (Å²) in [6.07, 6.45) is 0.635. The van der Waals surface area contributed by atoms with Crippen molar-refractivity contribution in [1.82, 2.24) is 5.43 Å². The maximum atomic E-state index is 13.1. The van der Waals surface area contributed by atoms with Gasteiger partial charge in [-0.15, -0.1) is 0 Å². The van der Waals surface area contributed by atoms with Gasteiger partial charge in [0.15, 0.2) is 0 Å². The highest BCUT2D eigenvalue weighted by atomic mass is 35.5. The first-order chi connectivity index (χ1) is 7.58. The molecule has 0 heterocycles. The zero-order valence-corrected chi connectivity index (χ0v) is 10.1. The fraction of sp³-hybridized carbons (Fsp3) is 0.455. The van der Waals surface area contributed by atoms with Gasteiger partial charge in [0.2, 0.25) is 0 Å². The Morgan fingerprint density at radius 3 is 2.81 bits per heavy atom. The molecule has 2 atom stereocenters. The molecule has 0 aliphatic carbocycles. The van der Waals surface area contributed by atoms with E-state index in [4.69, 9.17) is 22.2 Å². The van der Waals surface area contributed by atoms with Crippen LogP contribution in [0.4, 0.5) is 4.39 Å². The van der Waals surface area contributed by atoms with Gasteiger partial charge < -0.3 is 4.74 Å². The molecule has 1 aromatic carbocycles. The van der Waals surface area contributed by atoms with Crippen molar-refractivity contribution in [2.24, 2.45) is 5.84 Å². The van der Waals surface area contributed by atoms with Gasteiger partial charge in [-0.3, -0.25) is 11.3 Å². The number of rotatable bonds is 5. The van der Waals surface area contributed by atoms with Gasteiger partial charge in [0, 0.05) is 18.2 Å². The lowest BCUT2D eigenvalue weighted by Gasteiger charge is -2.20. The predicted octanol–water partition coefficient (Wildman–Crippen LogP) is 2.41. The molecule has 0 saturated heterocycles. The van der Waals surface area contributed by atoms with Crippen molar-refractivity contribution in [3.63, 3.8) is 0 Å². The second kappa shape index (κ2) is 6.15. The van der Waals surface area contributed by atoms with Gasteiger partial charge in [-0.2, -0.15) is 0 Å². The molecule has 0 radical (unpaired) electrons. The molecule has 0 amide bonds. The monoisotopic (exact) mass is 246 g/mol. The number of benzene rings is 1. The van der Waals surface area contributed by atoms with Crippen LogP contribution < -0.4 is 11.3 Å². The zero-order chi connectivity index (χ0) is 12.1. The van der Waals surface area contributed by atoms with E-state index in [0.717, 1.165) is 0 Å². The number of hydrogen-bond donors (Lipinski definition) is 2. The number of hydrazine groups is 1. The minimum atomic E-state index is -0.329. The standard InChI is InChI=1S/C11H16ClFN2O/c1-7(16-2)5-11(15-14)9-6-8(13)3-4-10(9)12/h3-4,6-7,11,15H,5,14H2,1-2H3. The number of halogens is 2. The van der Waals surface area contributed by atoms with Crippen LogP contribution >= 0.6 is 11.6 Å². The Morgan fingerprint density at radius 1 is 1.56 bits per heavy atom. The first-order valence-corrected chi connectivity index (χ1v) is 5.40. The molecule has 1 rings (SSSR count). The van der Waals surface area contributed by atoms with Crippen molar-refractivity contribution in [3.05, 3.63) is 34.6 Å². The van der Waals surface area contributed by atoms with Crippen LogP contribution in [0.3, 0.4) is 0 Å². The molecule has 3 nitrogen and oxygen atoms in total. The highest BCUT2D eigenvalue weighted by Gasteiger charge is 2.17. The highest BCUT2D eigenvalue weighted by Crippen LogP contribution is 2.26. The summed E-state index contributed by atoms with van der Waals surface area (Å²) in [5.74, 6) is 5.11. The minimum absolute atomic E-state index is 0.0142. The van der Waals surface area contributed by atoms with Crippen molar-refractivity contribution in [1.29, 1.82) is 0 Å². The molecule has 0 aliphatic rings. The summed E-state index contributed by atoms with van der Waals surface area (Å²) in [5.41, 5.74) is 3.27. The lowest BCUT2D eigenvalue weighted by molar-refractivity contribution is 0.100. The number of hydrogen-bond acceptors (Lipinski definition) is 3. The molecule has 90 valence electrons. The topological polar surface area (TPSA) is 47.3 Å². The van der Waals surface area contributed by atoms with E-state index in [-0.39, 0.29) is 18.0 Å². The molecule has 0 saturated carbocycles.